The molecule has 2 N–H and O–H groups in total. The van der Waals surface area contributed by atoms with Crippen LogP contribution in [0.5, 0.6) is 0 Å². The lowest BCUT2D eigenvalue weighted by molar-refractivity contribution is 0.447. The maximum atomic E-state index is 5.83. The van der Waals surface area contributed by atoms with E-state index in [2.05, 4.69) is 22.5 Å². The monoisotopic (exact) mass is 229 g/mol. The van der Waals surface area contributed by atoms with Crippen molar-refractivity contribution in [3.8, 4) is 0 Å². The van der Waals surface area contributed by atoms with Gasteiger partial charge in [0.15, 0.2) is 4.67 Å². The predicted molar refractivity (Wildman–Crippen MR) is 52.8 cm³/mol. The molecule has 1 aromatic heterocycles. The fourth-order valence-corrected chi connectivity index (χ4v) is 1.32. The van der Waals surface area contributed by atoms with Crippen molar-refractivity contribution in [1.29, 1.82) is 0 Å². The summed E-state index contributed by atoms with van der Waals surface area (Å²) in [4.78, 5) is 0. The highest BCUT2D eigenvalue weighted by atomic mass is 79.9. The minimum absolute atomic E-state index is 0.0752. The molecule has 0 aromatic carbocycles. The second-order valence-corrected chi connectivity index (χ2v) is 3.69. The molecule has 0 spiro atoms. The van der Waals surface area contributed by atoms with Gasteiger partial charge in [-0.1, -0.05) is 5.57 Å². The molecule has 0 fully saturated rings. The summed E-state index contributed by atoms with van der Waals surface area (Å²) in [5.41, 5.74) is 6.90. The fourth-order valence-electron chi connectivity index (χ4n) is 1.00. The molecule has 1 rings (SSSR count). The molecule has 0 amide bonds. The zero-order valence-electron chi connectivity index (χ0n) is 7.01. The van der Waals surface area contributed by atoms with Crippen LogP contribution in [0, 0.1) is 0 Å². The van der Waals surface area contributed by atoms with E-state index in [-0.39, 0.29) is 6.04 Å². The quantitative estimate of drug-likeness (QED) is 0.810. The highest BCUT2D eigenvalue weighted by Gasteiger charge is 2.09. The number of hydrogen-bond donors (Lipinski definition) is 1. The van der Waals surface area contributed by atoms with Crippen LogP contribution in [-0.4, -0.2) is 0 Å². The van der Waals surface area contributed by atoms with E-state index in [0.717, 1.165) is 22.4 Å². The summed E-state index contributed by atoms with van der Waals surface area (Å²) in [5.74, 6) is 0.796. The molecule has 0 saturated carbocycles. The van der Waals surface area contributed by atoms with Gasteiger partial charge in [-0.15, -0.1) is 6.58 Å². The molecule has 0 aliphatic rings. The molecule has 0 aliphatic carbocycles. The van der Waals surface area contributed by atoms with E-state index in [1.54, 1.807) is 0 Å². The van der Waals surface area contributed by atoms with Gasteiger partial charge in [0.25, 0.3) is 0 Å². The Hall–Kier alpha value is -0.540. The zero-order valence-corrected chi connectivity index (χ0v) is 8.60. The molecule has 1 heterocycles. The van der Waals surface area contributed by atoms with Gasteiger partial charge in [-0.05, 0) is 41.4 Å². The van der Waals surface area contributed by atoms with Crippen LogP contribution in [0.2, 0.25) is 0 Å². The summed E-state index contributed by atoms with van der Waals surface area (Å²) in [6.45, 7) is 5.75. The van der Waals surface area contributed by atoms with Gasteiger partial charge in [0.05, 0.1) is 6.04 Å². The Bertz CT molecular complexity index is 280. The lowest BCUT2D eigenvalue weighted by atomic mass is 10.1. The van der Waals surface area contributed by atoms with Crippen LogP contribution >= 0.6 is 15.9 Å². The SMILES string of the molecule is C=C(C)C[C@@H](N)c1ccc(Br)o1. The van der Waals surface area contributed by atoms with Gasteiger partial charge in [0.1, 0.15) is 5.76 Å². The van der Waals surface area contributed by atoms with Crippen molar-refractivity contribution in [3.05, 3.63) is 34.7 Å². The van der Waals surface area contributed by atoms with Crippen LogP contribution in [0.1, 0.15) is 25.1 Å². The molecule has 0 saturated heterocycles. The van der Waals surface area contributed by atoms with Crippen molar-refractivity contribution in [2.45, 2.75) is 19.4 Å². The van der Waals surface area contributed by atoms with Crippen LogP contribution in [0.25, 0.3) is 0 Å². The van der Waals surface area contributed by atoms with Gasteiger partial charge in [-0.2, -0.15) is 0 Å². The van der Waals surface area contributed by atoms with Crippen molar-refractivity contribution in [2.24, 2.45) is 5.73 Å². The Morgan fingerprint density at radius 2 is 2.42 bits per heavy atom. The third-order valence-electron chi connectivity index (χ3n) is 1.53. The van der Waals surface area contributed by atoms with Crippen LogP contribution in [-0.2, 0) is 0 Å². The Labute approximate surface area is 80.6 Å². The number of nitrogens with two attached hydrogens (primary N) is 1. The van der Waals surface area contributed by atoms with Crippen molar-refractivity contribution in [1.82, 2.24) is 0 Å². The van der Waals surface area contributed by atoms with Gasteiger partial charge in [-0.3, -0.25) is 0 Å². The Morgan fingerprint density at radius 1 is 1.75 bits per heavy atom. The molecular formula is C9H12BrNO. The molecule has 12 heavy (non-hydrogen) atoms. The van der Waals surface area contributed by atoms with Gasteiger partial charge in [0, 0.05) is 0 Å². The predicted octanol–water partition coefficient (Wildman–Crippen LogP) is 3.01. The van der Waals surface area contributed by atoms with E-state index < -0.39 is 0 Å². The molecule has 3 heteroatoms. The largest absolute Gasteiger partial charge is 0.453 e. The van der Waals surface area contributed by atoms with Crippen molar-refractivity contribution in [3.63, 3.8) is 0 Å². The third kappa shape index (κ3) is 2.50. The molecule has 0 unspecified atom stereocenters. The van der Waals surface area contributed by atoms with Gasteiger partial charge >= 0.3 is 0 Å². The smallest absolute Gasteiger partial charge is 0.169 e. The zero-order chi connectivity index (χ0) is 9.14. The van der Waals surface area contributed by atoms with Gasteiger partial charge < -0.3 is 10.2 Å². The molecule has 1 atom stereocenters. The topological polar surface area (TPSA) is 39.2 Å². The lowest BCUT2D eigenvalue weighted by Gasteiger charge is -2.06. The number of rotatable bonds is 3. The first kappa shape index (κ1) is 9.55. The molecule has 0 bridgehead atoms. The number of halogens is 1. The van der Waals surface area contributed by atoms with Gasteiger partial charge in [-0.25, -0.2) is 0 Å². The molecular weight excluding hydrogens is 218 g/mol. The summed E-state index contributed by atoms with van der Waals surface area (Å²) in [6.07, 6.45) is 0.764. The van der Waals surface area contributed by atoms with Crippen LogP contribution < -0.4 is 5.73 Å². The Kier molecular flexibility index (Phi) is 3.12. The number of hydrogen-bond acceptors (Lipinski definition) is 2. The first-order valence-corrected chi connectivity index (χ1v) is 4.54. The van der Waals surface area contributed by atoms with E-state index in [4.69, 9.17) is 10.2 Å². The lowest BCUT2D eigenvalue weighted by Crippen LogP contribution is -2.09. The van der Waals surface area contributed by atoms with Crippen molar-refractivity contribution in [2.75, 3.05) is 0 Å². The second kappa shape index (κ2) is 3.92. The number of furan rings is 1. The van der Waals surface area contributed by atoms with E-state index in [1.165, 1.54) is 0 Å². The Balaban J connectivity index is 2.64. The van der Waals surface area contributed by atoms with Crippen molar-refractivity contribution >= 4 is 15.9 Å². The summed E-state index contributed by atoms with van der Waals surface area (Å²) in [5, 5.41) is 0. The standard InChI is InChI=1S/C9H12BrNO/c1-6(2)5-7(11)8-3-4-9(10)12-8/h3-4,7H,1,5,11H2,2H3/t7-/m1/s1. The summed E-state index contributed by atoms with van der Waals surface area (Å²) < 4.78 is 6.01. The first-order valence-electron chi connectivity index (χ1n) is 3.75. The fraction of sp³-hybridized carbons (Fsp3) is 0.333. The van der Waals surface area contributed by atoms with Gasteiger partial charge in [0.2, 0.25) is 0 Å². The average molecular weight is 230 g/mol. The third-order valence-corrected chi connectivity index (χ3v) is 1.95. The minimum Gasteiger partial charge on any atom is -0.453 e. The van der Waals surface area contributed by atoms with E-state index in [0.29, 0.717) is 0 Å². The molecule has 66 valence electrons. The van der Waals surface area contributed by atoms with Crippen LogP contribution in [0.4, 0.5) is 0 Å². The second-order valence-electron chi connectivity index (χ2n) is 2.91. The van der Waals surface area contributed by atoms with E-state index in [9.17, 15) is 0 Å². The summed E-state index contributed by atoms with van der Waals surface area (Å²) >= 11 is 3.22. The molecule has 1 aromatic rings. The highest BCUT2D eigenvalue weighted by Crippen LogP contribution is 2.22. The van der Waals surface area contributed by atoms with E-state index >= 15 is 0 Å². The minimum atomic E-state index is -0.0752. The maximum Gasteiger partial charge on any atom is 0.169 e. The maximum absolute atomic E-state index is 5.83. The Morgan fingerprint density at radius 3 is 2.83 bits per heavy atom. The van der Waals surface area contributed by atoms with Crippen LogP contribution in [0.3, 0.4) is 0 Å². The molecule has 2 nitrogen and oxygen atoms in total. The first-order chi connectivity index (χ1) is 5.59. The van der Waals surface area contributed by atoms with Crippen LogP contribution in [0.15, 0.2) is 33.4 Å². The normalized spacial score (nSPS) is 12.9. The molecule has 0 radical (unpaired) electrons. The molecule has 0 aliphatic heterocycles. The summed E-state index contributed by atoms with van der Waals surface area (Å²) in [6, 6.07) is 3.64. The highest BCUT2D eigenvalue weighted by molar-refractivity contribution is 9.10. The summed E-state index contributed by atoms with van der Waals surface area (Å²) in [7, 11) is 0. The van der Waals surface area contributed by atoms with E-state index in [1.807, 2.05) is 19.1 Å². The average Bonchev–Trinajstić information content (AvgIpc) is 2.34. The van der Waals surface area contributed by atoms with Crippen molar-refractivity contribution < 1.29 is 4.42 Å².